The van der Waals surface area contributed by atoms with Crippen molar-refractivity contribution in [1.29, 1.82) is 0 Å². The molecule has 2 amide bonds. The molecule has 22 heavy (non-hydrogen) atoms. The van der Waals surface area contributed by atoms with Crippen molar-refractivity contribution in [3.63, 3.8) is 0 Å². The van der Waals surface area contributed by atoms with Crippen LogP contribution in [0.3, 0.4) is 0 Å². The summed E-state index contributed by atoms with van der Waals surface area (Å²) in [4.78, 5) is 35.8. The van der Waals surface area contributed by atoms with Crippen LogP contribution in [0.15, 0.2) is 0 Å². The highest BCUT2D eigenvalue weighted by Crippen LogP contribution is 2.08. The van der Waals surface area contributed by atoms with Gasteiger partial charge in [0.1, 0.15) is 6.04 Å². The number of rotatable bonds is 8. The number of nitrogens with two attached hydrogens (primary N) is 1. The zero-order valence-electron chi connectivity index (χ0n) is 13.1. The second kappa shape index (κ2) is 8.82. The number of amides is 2. The lowest BCUT2D eigenvalue weighted by atomic mass is 10.0. The van der Waals surface area contributed by atoms with E-state index in [1.165, 1.54) is 13.8 Å². The van der Waals surface area contributed by atoms with Crippen molar-refractivity contribution < 1.29 is 19.5 Å². The van der Waals surface area contributed by atoms with Gasteiger partial charge in [0.05, 0.1) is 18.1 Å². The molecule has 0 aliphatic carbocycles. The molecule has 1 aliphatic rings. The van der Waals surface area contributed by atoms with E-state index >= 15 is 0 Å². The summed E-state index contributed by atoms with van der Waals surface area (Å²) in [5.74, 6) is -1.27. The van der Waals surface area contributed by atoms with Crippen molar-refractivity contribution in [2.75, 3.05) is 19.6 Å². The lowest BCUT2D eigenvalue weighted by molar-refractivity contribution is -0.134. The molecular weight excluding hydrogens is 288 g/mol. The first-order valence-electron chi connectivity index (χ1n) is 7.56. The van der Waals surface area contributed by atoms with E-state index in [1.54, 1.807) is 0 Å². The second-order valence-corrected chi connectivity index (χ2v) is 5.67. The summed E-state index contributed by atoms with van der Waals surface area (Å²) in [5.41, 5.74) is 5.41. The molecule has 8 heteroatoms. The average molecular weight is 314 g/mol. The molecule has 6 N–H and O–H groups in total. The highest BCUT2D eigenvalue weighted by Gasteiger charge is 2.31. The largest absolute Gasteiger partial charge is 0.391 e. The van der Waals surface area contributed by atoms with E-state index in [0.717, 1.165) is 6.54 Å². The molecule has 1 fully saturated rings. The molecule has 0 aromatic carbocycles. The SMILES string of the molecule is CC(=O)[C@H](CCN)NC(=O)[C@@H](NC(=O)[C@H]1CCNC1)[C@H](C)O. The van der Waals surface area contributed by atoms with Gasteiger partial charge >= 0.3 is 0 Å². The zero-order chi connectivity index (χ0) is 16.7. The predicted octanol–water partition coefficient (Wildman–Crippen LogP) is -2.12. The van der Waals surface area contributed by atoms with Crippen molar-refractivity contribution in [1.82, 2.24) is 16.0 Å². The van der Waals surface area contributed by atoms with Crippen LogP contribution in [-0.2, 0) is 14.4 Å². The van der Waals surface area contributed by atoms with E-state index in [9.17, 15) is 19.5 Å². The lowest BCUT2D eigenvalue weighted by Crippen LogP contribution is -2.56. The van der Waals surface area contributed by atoms with E-state index < -0.39 is 24.1 Å². The average Bonchev–Trinajstić information content (AvgIpc) is 2.97. The maximum atomic E-state index is 12.2. The minimum atomic E-state index is -1.09. The number of aliphatic hydroxyl groups is 1. The highest BCUT2D eigenvalue weighted by molar-refractivity contribution is 5.92. The molecule has 1 heterocycles. The van der Waals surface area contributed by atoms with Crippen LogP contribution in [-0.4, -0.2) is 60.5 Å². The quantitative estimate of drug-likeness (QED) is 0.348. The zero-order valence-corrected chi connectivity index (χ0v) is 13.1. The molecular formula is C14H26N4O4. The molecule has 4 atom stereocenters. The van der Waals surface area contributed by atoms with E-state index in [1.807, 2.05) is 0 Å². The summed E-state index contributed by atoms with van der Waals surface area (Å²) in [6.07, 6.45) is -0.0547. The standard InChI is InChI=1S/C14H26N4O4/c1-8(19)11(3-5-15)17-14(22)12(9(2)20)18-13(21)10-4-6-16-7-10/h9-12,16,20H,3-7,15H2,1-2H3,(H,17,22)(H,18,21)/t9-,10-,11-,12-/m0/s1. The van der Waals surface area contributed by atoms with Crippen LogP contribution in [0.25, 0.3) is 0 Å². The van der Waals surface area contributed by atoms with Gasteiger partial charge in [-0.15, -0.1) is 0 Å². The number of Topliss-reactive ketones (excluding diaryl/α,β-unsaturated/α-hetero) is 1. The Balaban J connectivity index is 2.66. The fourth-order valence-electron chi connectivity index (χ4n) is 2.36. The van der Waals surface area contributed by atoms with Gasteiger partial charge in [0.2, 0.25) is 11.8 Å². The number of hydrogen-bond acceptors (Lipinski definition) is 6. The Hall–Kier alpha value is -1.51. The third-order valence-corrected chi connectivity index (χ3v) is 3.76. The Bertz CT molecular complexity index is 408. The highest BCUT2D eigenvalue weighted by atomic mass is 16.3. The monoisotopic (exact) mass is 314 g/mol. The van der Waals surface area contributed by atoms with Crippen molar-refractivity contribution in [3.8, 4) is 0 Å². The first kappa shape index (κ1) is 18.5. The Morgan fingerprint density at radius 3 is 2.50 bits per heavy atom. The van der Waals surface area contributed by atoms with Gasteiger partial charge in [0.15, 0.2) is 5.78 Å². The summed E-state index contributed by atoms with van der Waals surface area (Å²) in [7, 11) is 0. The van der Waals surface area contributed by atoms with Gasteiger partial charge in [-0.2, -0.15) is 0 Å². The normalized spacial score (nSPS) is 21.7. The maximum absolute atomic E-state index is 12.2. The molecule has 8 nitrogen and oxygen atoms in total. The van der Waals surface area contributed by atoms with Crippen LogP contribution in [0.4, 0.5) is 0 Å². The third kappa shape index (κ3) is 5.36. The molecule has 0 unspecified atom stereocenters. The number of aliphatic hydroxyl groups excluding tert-OH is 1. The minimum absolute atomic E-state index is 0.207. The molecule has 0 aromatic heterocycles. The summed E-state index contributed by atoms with van der Waals surface area (Å²) in [6, 6.07) is -1.79. The van der Waals surface area contributed by atoms with Crippen LogP contribution in [0.1, 0.15) is 26.7 Å². The van der Waals surface area contributed by atoms with Crippen LogP contribution in [0, 0.1) is 5.92 Å². The van der Waals surface area contributed by atoms with E-state index in [0.29, 0.717) is 19.4 Å². The van der Waals surface area contributed by atoms with E-state index in [4.69, 9.17) is 5.73 Å². The molecule has 1 aliphatic heterocycles. The number of hydrogen-bond donors (Lipinski definition) is 5. The Labute approximate surface area is 130 Å². The van der Waals surface area contributed by atoms with Crippen molar-refractivity contribution in [2.24, 2.45) is 11.7 Å². The topological polar surface area (TPSA) is 134 Å². The lowest BCUT2D eigenvalue weighted by Gasteiger charge is -2.24. The Kier molecular flexibility index (Phi) is 7.43. The van der Waals surface area contributed by atoms with Crippen LogP contribution in [0.5, 0.6) is 0 Å². The summed E-state index contributed by atoms with van der Waals surface area (Å²) in [5, 5.41) is 17.9. The molecule has 0 spiro atoms. The van der Waals surface area contributed by atoms with Crippen molar-refractivity contribution in [3.05, 3.63) is 0 Å². The predicted molar refractivity (Wildman–Crippen MR) is 80.9 cm³/mol. The fraction of sp³-hybridized carbons (Fsp3) is 0.786. The Morgan fingerprint density at radius 2 is 2.05 bits per heavy atom. The minimum Gasteiger partial charge on any atom is -0.391 e. The molecule has 0 saturated carbocycles. The van der Waals surface area contributed by atoms with Gasteiger partial charge in [-0.05, 0) is 39.8 Å². The summed E-state index contributed by atoms with van der Waals surface area (Å²) >= 11 is 0. The number of nitrogens with one attached hydrogen (secondary N) is 3. The number of ketones is 1. The van der Waals surface area contributed by atoms with Crippen LogP contribution >= 0.6 is 0 Å². The van der Waals surface area contributed by atoms with Crippen molar-refractivity contribution in [2.45, 2.75) is 44.9 Å². The number of carbonyl (C=O) groups is 3. The molecule has 126 valence electrons. The molecule has 0 bridgehead atoms. The van der Waals surface area contributed by atoms with Gasteiger partial charge in [-0.25, -0.2) is 0 Å². The van der Waals surface area contributed by atoms with Gasteiger partial charge in [-0.1, -0.05) is 0 Å². The molecule has 0 aromatic rings. The Morgan fingerprint density at radius 1 is 1.36 bits per heavy atom. The van der Waals surface area contributed by atoms with Gasteiger partial charge in [0, 0.05) is 6.54 Å². The maximum Gasteiger partial charge on any atom is 0.245 e. The van der Waals surface area contributed by atoms with Crippen molar-refractivity contribution >= 4 is 17.6 Å². The first-order chi connectivity index (χ1) is 10.4. The fourth-order valence-corrected chi connectivity index (χ4v) is 2.36. The molecule has 1 saturated heterocycles. The van der Waals surface area contributed by atoms with E-state index in [-0.39, 0.29) is 24.2 Å². The summed E-state index contributed by atoms with van der Waals surface area (Å²) in [6.45, 7) is 4.35. The van der Waals surface area contributed by atoms with Gasteiger partial charge < -0.3 is 26.8 Å². The first-order valence-corrected chi connectivity index (χ1v) is 7.56. The molecule has 0 radical (unpaired) electrons. The summed E-state index contributed by atoms with van der Waals surface area (Å²) < 4.78 is 0. The van der Waals surface area contributed by atoms with Crippen LogP contribution < -0.4 is 21.7 Å². The van der Waals surface area contributed by atoms with Gasteiger partial charge in [0.25, 0.3) is 0 Å². The second-order valence-electron chi connectivity index (χ2n) is 5.67. The van der Waals surface area contributed by atoms with E-state index in [2.05, 4.69) is 16.0 Å². The molecule has 1 rings (SSSR count). The van der Waals surface area contributed by atoms with Crippen LogP contribution in [0.2, 0.25) is 0 Å². The van der Waals surface area contributed by atoms with Gasteiger partial charge in [-0.3, -0.25) is 14.4 Å². The third-order valence-electron chi connectivity index (χ3n) is 3.76. The number of carbonyl (C=O) groups excluding carboxylic acids is 3. The smallest absolute Gasteiger partial charge is 0.245 e.